The number of rotatable bonds is 4. The normalized spacial score (nSPS) is 15.7. The maximum absolute atomic E-state index is 13.5. The number of amides is 1. The summed E-state index contributed by atoms with van der Waals surface area (Å²) in [5.41, 5.74) is 5.41. The average molecular weight is 377 g/mol. The first-order chi connectivity index (χ1) is 13.6. The molecule has 3 aromatic rings. The number of anilines is 1. The van der Waals surface area contributed by atoms with Gasteiger partial charge in [-0.3, -0.25) is 9.48 Å². The van der Waals surface area contributed by atoms with Gasteiger partial charge in [0.25, 0.3) is 5.91 Å². The number of carbonyl (C=O) groups excluding carboxylic acids is 1. The number of halogens is 1. The molecule has 5 nitrogen and oxygen atoms in total. The number of benzene rings is 2. The molecule has 2 heterocycles. The minimum absolute atomic E-state index is 0.0333. The zero-order valence-corrected chi connectivity index (χ0v) is 15.5. The molecule has 1 aliphatic carbocycles. The van der Waals surface area contributed by atoms with E-state index >= 15 is 0 Å². The molecule has 0 spiro atoms. The molecule has 5 rings (SSSR count). The lowest BCUT2D eigenvalue weighted by atomic mass is 9.98. The summed E-state index contributed by atoms with van der Waals surface area (Å²) in [6, 6.07) is 12.3. The number of carbonyl (C=O) groups is 1. The SMILES string of the molecule is Cc1nn(CC2CC2)c(-c2ccc(F)cc2)c1-c1ccc2c(c1)NC(=O)CO2. The molecule has 1 aromatic heterocycles. The molecule has 1 saturated carbocycles. The van der Waals surface area contributed by atoms with Crippen LogP contribution in [0.4, 0.5) is 10.1 Å². The van der Waals surface area contributed by atoms with Gasteiger partial charge in [0.1, 0.15) is 11.6 Å². The molecule has 28 heavy (non-hydrogen) atoms. The van der Waals surface area contributed by atoms with E-state index in [0.717, 1.165) is 34.6 Å². The first kappa shape index (κ1) is 17.0. The van der Waals surface area contributed by atoms with Crippen molar-refractivity contribution >= 4 is 11.6 Å². The Morgan fingerprint density at radius 3 is 2.68 bits per heavy atom. The number of fused-ring (bicyclic) bond motifs is 1. The predicted octanol–water partition coefficient (Wildman–Crippen LogP) is 4.41. The van der Waals surface area contributed by atoms with Crippen molar-refractivity contribution in [2.24, 2.45) is 5.92 Å². The zero-order valence-electron chi connectivity index (χ0n) is 15.5. The number of ether oxygens (including phenoxy) is 1. The van der Waals surface area contributed by atoms with Crippen LogP contribution in [0.5, 0.6) is 5.75 Å². The highest BCUT2D eigenvalue weighted by Crippen LogP contribution is 2.40. The minimum atomic E-state index is -0.260. The predicted molar refractivity (Wildman–Crippen MR) is 105 cm³/mol. The maximum atomic E-state index is 13.5. The van der Waals surface area contributed by atoms with E-state index in [-0.39, 0.29) is 18.3 Å². The van der Waals surface area contributed by atoms with E-state index in [4.69, 9.17) is 9.84 Å². The summed E-state index contributed by atoms with van der Waals surface area (Å²) < 4.78 is 21.0. The fraction of sp³-hybridized carbons (Fsp3) is 0.273. The van der Waals surface area contributed by atoms with Crippen LogP contribution in [0.1, 0.15) is 18.5 Å². The van der Waals surface area contributed by atoms with E-state index in [9.17, 15) is 9.18 Å². The number of hydrogen-bond acceptors (Lipinski definition) is 3. The van der Waals surface area contributed by atoms with E-state index in [1.165, 1.54) is 25.0 Å². The summed E-state index contributed by atoms with van der Waals surface area (Å²) in [7, 11) is 0. The third kappa shape index (κ3) is 3.05. The Kier molecular flexibility index (Phi) is 3.93. The molecule has 0 bridgehead atoms. The Balaban J connectivity index is 1.66. The molecule has 0 saturated heterocycles. The topological polar surface area (TPSA) is 56.2 Å². The van der Waals surface area contributed by atoms with E-state index in [2.05, 4.69) is 5.32 Å². The van der Waals surface area contributed by atoms with Crippen LogP contribution in [0.3, 0.4) is 0 Å². The van der Waals surface area contributed by atoms with Crippen molar-refractivity contribution in [1.82, 2.24) is 9.78 Å². The Hall–Kier alpha value is -3.15. The van der Waals surface area contributed by atoms with Crippen LogP contribution < -0.4 is 10.1 Å². The lowest BCUT2D eigenvalue weighted by Gasteiger charge is -2.19. The second kappa shape index (κ2) is 6.48. The van der Waals surface area contributed by atoms with Gasteiger partial charge in [-0.1, -0.05) is 6.07 Å². The van der Waals surface area contributed by atoms with E-state index in [0.29, 0.717) is 17.4 Å². The quantitative estimate of drug-likeness (QED) is 0.733. The lowest BCUT2D eigenvalue weighted by Crippen LogP contribution is -2.25. The summed E-state index contributed by atoms with van der Waals surface area (Å²) in [6.07, 6.45) is 2.44. The van der Waals surface area contributed by atoms with Crippen LogP contribution in [0.25, 0.3) is 22.4 Å². The summed E-state index contributed by atoms with van der Waals surface area (Å²) >= 11 is 0. The number of aryl methyl sites for hydroxylation is 1. The van der Waals surface area contributed by atoms with Crippen LogP contribution in [0.2, 0.25) is 0 Å². The van der Waals surface area contributed by atoms with Crippen LogP contribution >= 0.6 is 0 Å². The van der Waals surface area contributed by atoms with Gasteiger partial charge in [0.15, 0.2) is 6.61 Å². The van der Waals surface area contributed by atoms with E-state index in [1.54, 1.807) is 12.1 Å². The van der Waals surface area contributed by atoms with Crippen molar-refractivity contribution in [3.05, 3.63) is 54.0 Å². The van der Waals surface area contributed by atoms with E-state index in [1.807, 2.05) is 29.8 Å². The van der Waals surface area contributed by atoms with Gasteiger partial charge in [-0.05, 0) is 67.6 Å². The lowest BCUT2D eigenvalue weighted by molar-refractivity contribution is -0.118. The molecular formula is C22H20FN3O2. The third-order valence-corrected chi connectivity index (χ3v) is 5.27. The van der Waals surface area contributed by atoms with Gasteiger partial charge in [0.05, 0.1) is 17.1 Å². The van der Waals surface area contributed by atoms with Gasteiger partial charge in [0, 0.05) is 17.7 Å². The minimum Gasteiger partial charge on any atom is -0.482 e. The number of nitrogens with zero attached hydrogens (tertiary/aromatic N) is 2. The first-order valence-electron chi connectivity index (χ1n) is 9.49. The molecule has 1 fully saturated rings. The molecule has 0 unspecified atom stereocenters. The molecule has 1 amide bonds. The summed E-state index contributed by atoms with van der Waals surface area (Å²) in [4.78, 5) is 11.7. The molecule has 1 N–H and O–H groups in total. The Bertz CT molecular complexity index is 1070. The van der Waals surface area contributed by atoms with Crippen LogP contribution in [0.15, 0.2) is 42.5 Å². The molecular weight excluding hydrogens is 357 g/mol. The number of hydrogen-bond donors (Lipinski definition) is 1. The molecule has 142 valence electrons. The molecule has 6 heteroatoms. The molecule has 1 aliphatic heterocycles. The smallest absolute Gasteiger partial charge is 0.262 e. The molecule has 0 radical (unpaired) electrons. The highest BCUT2D eigenvalue weighted by atomic mass is 19.1. The monoisotopic (exact) mass is 377 g/mol. The van der Waals surface area contributed by atoms with Gasteiger partial charge in [-0.25, -0.2) is 4.39 Å². The maximum Gasteiger partial charge on any atom is 0.262 e. The van der Waals surface area contributed by atoms with Crippen molar-refractivity contribution in [1.29, 1.82) is 0 Å². The second-order valence-electron chi connectivity index (χ2n) is 7.49. The van der Waals surface area contributed by atoms with Crippen molar-refractivity contribution in [2.45, 2.75) is 26.3 Å². The Morgan fingerprint density at radius 2 is 1.93 bits per heavy atom. The van der Waals surface area contributed by atoms with Crippen molar-refractivity contribution in [2.75, 3.05) is 11.9 Å². The summed E-state index contributed by atoms with van der Waals surface area (Å²) in [5, 5.41) is 7.66. The fourth-order valence-corrected chi connectivity index (χ4v) is 3.74. The highest BCUT2D eigenvalue weighted by Gasteiger charge is 2.27. The Labute approximate surface area is 162 Å². The molecule has 2 aliphatic rings. The van der Waals surface area contributed by atoms with Crippen molar-refractivity contribution < 1.29 is 13.9 Å². The second-order valence-corrected chi connectivity index (χ2v) is 7.49. The fourth-order valence-electron chi connectivity index (χ4n) is 3.74. The standard InChI is InChI=1S/C22H20FN3O2/c1-13-21(16-6-9-19-18(10-16)24-20(27)12-28-19)22(15-4-7-17(23)8-5-15)26(25-13)11-14-2-3-14/h4-10,14H,2-3,11-12H2,1H3,(H,24,27). The van der Waals surface area contributed by atoms with Crippen molar-refractivity contribution in [3.8, 4) is 28.1 Å². The Morgan fingerprint density at radius 1 is 1.18 bits per heavy atom. The van der Waals surface area contributed by atoms with Gasteiger partial charge in [-0.2, -0.15) is 5.10 Å². The van der Waals surface area contributed by atoms with Gasteiger partial charge >= 0.3 is 0 Å². The highest BCUT2D eigenvalue weighted by molar-refractivity contribution is 5.97. The van der Waals surface area contributed by atoms with Crippen LogP contribution in [-0.4, -0.2) is 22.3 Å². The largest absolute Gasteiger partial charge is 0.482 e. The zero-order chi connectivity index (χ0) is 19.3. The van der Waals surface area contributed by atoms with Gasteiger partial charge < -0.3 is 10.1 Å². The number of nitrogens with one attached hydrogen (secondary N) is 1. The summed E-state index contributed by atoms with van der Waals surface area (Å²) in [6.45, 7) is 2.88. The first-order valence-corrected chi connectivity index (χ1v) is 9.49. The molecule has 0 atom stereocenters. The average Bonchev–Trinajstić information content (AvgIpc) is 3.43. The van der Waals surface area contributed by atoms with Crippen LogP contribution in [-0.2, 0) is 11.3 Å². The van der Waals surface area contributed by atoms with Gasteiger partial charge in [0.2, 0.25) is 0 Å². The number of aromatic nitrogens is 2. The third-order valence-electron chi connectivity index (χ3n) is 5.27. The molecule has 2 aromatic carbocycles. The van der Waals surface area contributed by atoms with E-state index < -0.39 is 0 Å². The van der Waals surface area contributed by atoms with Crippen molar-refractivity contribution in [3.63, 3.8) is 0 Å². The van der Waals surface area contributed by atoms with Gasteiger partial charge in [-0.15, -0.1) is 0 Å². The summed E-state index contributed by atoms with van der Waals surface area (Å²) in [5.74, 6) is 0.894. The van der Waals surface area contributed by atoms with Crippen LogP contribution in [0, 0.1) is 18.7 Å².